The van der Waals surface area contributed by atoms with Crippen molar-refractivity contribution in [1.82, 2.24) is 0 Å². The van der Waals surface area contributed by atoms with E-state index in [-0.39, 0.29) is 6.42 Å². The van der Waals surface area contributed by atoms with Gasteiger partial charge in [-0.2, -0.15) is 0 Å². The number of hydrogen-bond acceptors (Lipinski definition) is 30. The zero-order valence-electron chi connectivity index (χ0n) is 35.8. The second-order valence-corrected chi connectivity index (χ2v) is 17.1. The Morgan fingerprint density at radius 1 is 0.353 bits per heavy atom. The smallest absolute Gasteiger partial charge is 0.335 e. The highest BCUT2D eigenvalue weighted by Crippen LogP contribution is 2.31. The molecule has 0 bridgehead atoms. The molecule has 0 radical (unpaired) electrons. The molecule has 6 heterocycles. The van der Waals surface area contributed by atoms with Gasteiger partial charge in [0, 0.05) is 13.5 Å². The third-order valence-electron chi connectivity index (χ3n) is 12.4. The molecule has 396 valence electrons. The lowest BCUT2D eigenvalue weighted by Crippen LogP contribution is -2.63. The number of carboxylic acid groups (broad SMARTS) is 1. The molecule has 18 N–H and O–H groups in total. The van der Waals surface area contributed by atoms with Gasteiger partial charge in [0.2, 0.25) is 0 Å². The molecule has 0 spiro atoms. The first-order valence-corrected chi connectivity index (χ1v) is 21.4. The molecule has 6 rings (SSSR count). The number of ether oxygens (including phenoxy) is 12. The molecule has 68 heavy (non-hydrogen) atoms. The minimum absolute atomic E-state index is 0.328. The van der Waals surface area contributed by atoms with Gasteiger partial charge in [0.05, 0.1) is 39.1 Å². The zero-order valence-corrected chi connectivity index (χ0v) is 35.8. The maximum absolute atomic E-state index is 11.4. The summed E-state index contributed by atoms with van der Waals surface area (Å²) in [5.74, 6) is -1.71. The zero-order chi connectivity index (χ0) is 50.0. The van der Waals surface area contributed by atoms with Crippen molar-refractivity contribution in [2.45, 2.75) is 185 Å². The Labute approximate surface area is 384 Å². The van der Waals surface area contributed by atoms with E-state index in [9.17, 15) is 96.7 Å². The van der Waals surface area contributed by atoms with Crippen LogP contribution < -0.4 is 0 Å². The van der Waals surface area contributed by atoms with Crippen molar-refractivity contribution < 1.29 is 154 Å². The van der Waals surface area contributed by atoms with Gasteiger partial charge in [-0.25, -0.2) is 4.79 Å². The van der Waals surface area contributed by atoms with Gasteiger partial charge in [0.15, 0.2) is 43.8 Å². The quantitative estimate of drug-likeness (QED) is 0.0643. The minimum atomic E-state index is -2.04. The summed E-state index contributed by atoms with van der Waals surface area (Å²) in [7, 11) is 1.19. The summed E-state index contributed by atoms with van der Waals surface area (Å²) >= 11 is 0. The van der Waals surface area contributed by atoms with E-state index in [1.165, 1.54) is 7.11 Å². The maximum Gasteiger partial charge on any atom is 0.335 e. The molecule has 6 saturated heterocycles. The van der Waals surface area contributed by atoms with E-state index in [1.54, 1.807) is 0 Å². The van der Waals surface area contributed by atoms with E-state index in [2.05, 4.69) is 0 Å². The predicted molar refractivity (Wildman–Crippen MR) is 203 cm³/mol. The van der Waals surface area contributed by atoms with Crippen LogP contribution in [-0.2, 0) is 61.6 Å². The molecule has 6 fully saturated rings. The molecular formula is C37H62O31. The van der Waals surface area contributed by atoms with Gasteiger partial charge in [-0.3, -0.25) is 0 Å². The summed E-state index contributed by atoms with van der Waals surface area (Å²) in [6.45, 7) is -3.45. The molecule has 0 aliphatic carbocycles. The maximum atomic E-state index is 11.4. The van der Waals surface area contributed by atoms with E-state index in [0.717, 1.165) is 0 Å². The second kappa shape index (κ2) is 23.9. The lowest BCUT2D eigenvalue weighted by atomic mass is 9.97. The van der Waals surface area contributed by atoms with Crippen molar-refractivity contribution >= 4 is 5.97 Å². The van der Waals surface area contributed by atoms with Crippen LogP contribution in [0.5, 0.6) is 0 Å². The summed E-state index contributed by atoms with van der Waals surface area (Å²) in [5.41, 5.74) is 0. The highest BCUT2D eigenvalue weighted by atomic mass is 16.8. The van der Waals surface area contributed by atoms with Crippen LogP contribution in [-0.4, -0.2) is 316 Å². The van der Waals surface area contributed by atoms with Crippen molar-refractivity contribution in [2.24, 2.45) is 0 Å². The molecular weight excluding hydrogens is 940 g/mol. The van der Waals surface area contributed by atoms with Crippen molar-refractivity contribution in [3.8, 4) is 0 Å². The van der Waals surface area contributed by atoms with E-state index in [4.69, 9.17) is 56.8 Å². The fourth-order valence-electron chi connectivity index (χ4n) is 8.13. The first-order chi connectivity index (χ1) is 32.0. The van der Waals surface area contributed by atoms with Crippen LogP contribution >= 0.6 is 0 Å². The Balaban J connectivity index is 1.00. The molecule has 6 aliphatic heterocycles. The second-order valence-electron chi connectivity index (χ2n) is 17.1. The molecule has 0 aromatic heterocycles. The molecule has 3 unspecified atom stereocenters. The van der Waals surface area contributed by atoms with Gasteiger partial charge in [0.1, 0.15) is 128 Å². The summed E-state index contributed by atoms with van der Waals surface area (Å²) in [6, 6.07) is 0. The predicted octanol–water partition coefficient (Wildman–Crippen LogP) is -12.3. The van der Waals surface area contributed by atoms with Gasteiger partial charge in [0.25, 0.3) is 0 Å². The highest BCUT2D eigenvalue weighted by Gasteiger charge is 2.52. The fourth-order valence-corrected chi connectivity index (χ4v) is 8.13. The standard InChI is InChI=1S/C37H62O31/c1-57-33-25(50)19(44)15(40)11(64-33)4-58-32-9(39)2-8(38)10(63-32)3-59-34-26(51)20(45)16(41)12(65-34)5-60-35-27(52)21(46)17(42)13(66-35)6-61-36-28(53)22(47)18(43)14(67-36)7-62-37-29(54)23(48)24(49)30(68-37)31(55)56/h8-30,32-54H,2-7H2,1H3,(H,55,56)/t8-,9+,10?,11?,12?,13+,14+,15+,16+,17+,18+,19-,20-,21-,22-,23-,24-,25+,26+,27+,28+,29+,30-,32+,33-,34+,35+,36+,37+/m0/s1. The monoisotopic (exact) mass is 1000 g/mol. The van der Waals surface area contributed by atoms with E-state index in [0.29, 0.717) is 0 Å². The number of aliphatic hydroxyl groups excluding tert-OH is 17. The van der Waals surface area contributed by atoms with Crippen LogP contribution in [0.4, 0.5) is 0 Å². The van der Waals surface area contributed by atoms with E-state index in [1.807, 2.05) is 0 Å². The average molecular weight is 1000 g/mol. The number of rotatable bonds is 17. The number of aliphatic carboxylic acids is 1. The van der Waals surface area contributed by atoms with Gasteiger partial charge >= 0.3 is 5.97 Å². The topological polar surface area (TPSA) is 492 Å². The summed E-state index contributed by atoms with van der Waals surface area (Å²) in [6.07, 6.45) is -51.1. The van der Waals surface area contributed by atoms with Crippen LogP contribution in [0.3, 0.4) is 0 Å². The molecule has 29 atom stereocenters. The van der Waals surface area contributed by atoms with Crippen LogP contribution in [0.1, 0.15) is 6.42 Å². The normalized spacial score (nSPS) is 51.6. The van der Waals surface area contributed by atoms with Crippen LogP contribution in [0.15, 0.2) is 0 Å². The molecule has 31 heteroatoms. The average Bonchev–Trinajstić information content (AvgIpc) is 3.31. The first-order valence-electron chi connectivity index (χ1n) is 21.4. The third-order valence-corrected chi connectivity index (χ3v) is 12.4. The Kier molecular flexibility index (Phi) is 19.5. The number of methoxy groups -OCH3 is 1. The molecule has 0 amide bonds. The Hall–Kier alpha value is -1.69. The Morgan fingerprint density at radius 3 is 0.985 bits per heavy atom. The number of aliphatic hydroxyl groups is 17. The lowest BCUT2D eigenvalue weighted by molar-refractivity contribution is -0.349. The van der Waals surface area contributed by atoms with Gasteiger partial charge < -0.3 is 149 Å². The minimum Gasteiger partial charge on any atom is -0.479 e. The Morgan fingerprint density at radius 2 is 0.632 bits per heavy atom. The van der Waals surface area contributed by atoms with Crippen molar-refractivity contribution in [1.29, 1.82) is 0 Å². The molecule has 0 aromatic rings. The number of carboxylic acids is 1. The largest absolute Gasteiger partial charge is 0.479 e. The van der Waals surface area contributed by atoms with Crippen molar-refractivity contribution in [3.05, 3.63) is 0 Å². The third kappa shape index (κ3) is 12.2. The lowest BCUT2D eigenvalue weighted by Gasteiger charge is -2.44. The van der Waals surface area contributed by atoms with Gasteiger partial charge in [-0.15, -0.1) is 0 Å². The van der Waals surface area contributed by atoms with Crippen LogP contribution in [0.2, 0.25) is 0 Å². The fraction of sp³-hybridized carbons (Fsp3) is 0.973. The van der Waals surface area contributed by atoms with Crippen molar-refractivity contribution in [2.75, 3.05) is 40.1 Å². The van der Waals surface area contributed by atoms with Crippen molar-refractivity contribution in [3.63, 3.8) is 0 Å². The SMILES string of the molecule is CO[C@H]1OC(CO[C@@H]2OC(CO[C@@H]3OC(CO[C@@H]4O[C@H](CO[C@@H]5O[C@H](CO[C@@H]6O[C@H](C(=O)O)[C@@H](O)[C@H](O)[C@H]6O)[C@@H](O)[C@H](O)[C@H]5O)[C@@H](O)[C@H](O)[C@H]4O)[C@@H](O)[C@H](O)[C@H]3O)[C@@H](O)C[C@H]2O)[C@@H](O)[C@H](O)[C@H]1O. The molecule has 0 saturated carbocycles. The van der Waals surface area contributed by atoms with E-state index < -0.39 is 217 Å². The van der Waals surface area contributed by atoms with Crippen LogP contribution in [0.25, 0.3) is 0 Å². The molecule has 31 nitrogen and oxygen atoms in total. The highest BCUT2D eigenvalue weighted by molar-refractivity contribution is 5.73. The van der Waals surface area contributed by atoms with Gasteiger partial charge in [-0.05, 0) is 0 Å². The van der Waals surface area contributed by atoms with E-state index >= 15 is 0 Å². The number of hydrogen-bond donors (Lipinski definition) is 18. The summed E-state index contributed by atoms with van der Waals surface area (Å²) in [4.78, 5) is 11.4. The summed E-state index contributed by atoms with van der Waals surface area (Å²) in [5, 5.41) is 187. The molecule has 6 aliphatic rings. The van der Waals surface area contributed by atoms with Gasteiger partial charge in [-0.1, -0.05) is 0 Å². The number of carbonyl (C=O) groups is 1. The first kappa shape index (κ1) is 55.6. The summed E-state index contributed by atoms with van der Waals surface area (Å²) < 4.78 is 65.2. The molecule has 0 aromatic carbocycles. The Bertz CT molecular complexity index is 1570. The van der Waals surface area contributed by atoms with Crippen LogP contribution in [0, 0.1) is 0 Å².